The maximum atomic E-state index is 6.05. The van der Waals surface area contributed by atoms with Crippen LogP contribution >= 0.6 is 0 Å². The van der Waals surface area contributed by atoms with E-state index in [1.54, 1.807) is 0 Å². The molecule has 0 aromatic heterocycles. The van der Waals surface area contributed by atoms with Gasteiger partial charge in [0.15, 0.2) is 11.5 Å². The van der Waals surface area contributed by atoms with Crippen molar-refractivity contribution in [3.8, 4) is 11.5 Å². The summed E-state index contributed by atoms with van der Waals surface area (Å²) in [4.78, 5) is 0. The number of ether oxygens (including phenoxy) is 2. The van der Waals surface area contributed by atoms with Crippen molar-refractivity contribution >= 4 is 0 Å². The van der Waals surface area contributed by atoms with Crippen LogP contribution in [0.1, 0.15) is 23.6 Å². The van der Waals surface area contributed by atoms with E-state index in [9.17, 15) is 0 Å². The second-order valence-electron chi connectivity index (χ2n) is 5.06. The molecule has 0 fully saturated rings. The Morgan fingerprint density at radius 1 is 1.00 bits per heavy atom. The van der Waals surface area contributed by atoms with Gasteiger partial charge in [-0.05, 0) is 31.5 Å². The van der Waals surface area contributed by atoms with E-state index in [0.29, 0.717) is 13.2 Å². The molecule has 0 spiro atoms. The van der Waals surface area contributed by atoms with E-state index in [0.717, 1.165) is 23.6 Å². The summed E-state index contributed by atoms with van der Waals surface area (Å²) in [5.41, 5.74) is 3.59. The number of benzene rings is 2. The summed E-state index contributed by atoms with van der Waals surface area (Å²) in [7, 11) is 2.05. The van der Waals surface area contributed by atoms with Crippen molar-refractivity contribution in [1.82, 2.24) is 0 Å². The molecule has 0 aliphatic rings. The highest BCUT2D eigenvalue weighted by Crippen LogP contribution is 2.31. The van der Waals surface area contributed by atoms with Crippen LogP contribution in [0.25, 0.3) is 0 Å². The number of hydrogen-bond acceptors (Lipinski definition) is 2. The fourth-order valence-electron chi connectivity index (χ4n) is 2.21. The minimum absolute atomic E-state index is 0.557. The van der Waals surface area contributed by atoms with Crippen LogP contribution < -0.4 is 14.8 Å². The molecule has 0 aliphatic heterocycles. The Kier molecular flexibility index (Phi) is 5.64. The molecule has 0 radical (unpaired) electrons. The lowest BCUT2D eigenvalue weighted by Gasteiger charge is -2.15. The van der Waals surface area contributed by atoms with Crippen molar-refractivity contribution in [1.29, 1.82) is 0 Å². The van der Waals surface area contributed by atoms with Crippen molar-refractivity contribution in [2.24, 2.45) is 0 Å². The molecule has 0 saturated heterocycles. The van der Waals surface area contributed by atoms with Gasteiger partial charge in [-0.15, -0.1) is 0 Å². The summed E-state index contributed by atoms with van der Waals surface area (Å²) >= 11 is 0. The Morgan fingerprint density at radius 3 is 2.43 bits per heavy atom. The zero-order valence-electron chi connectivity index (χ0n) is 13.1. The molecule has 0 aliphatic carbocycles. The molecule has 0 bridgehead atoms. The lowest BCUT2D eigenvalue weighted by Crippen LogP contribution is -2.77. The first kappa shape index (κ1) is 15.4. The number of hydrogen-bond donors (Lipinski definition) is 1. The predicted octanol–water partition coefficient (Wildman–Crippen LogP) is 2.67. The average molecular weight is 286 g/mol. The van der Waals surface area contributed by atoms with E-state index < -0.39 is 0 Å². The van der Waals surface area contributed by atoms with Crippen molar-refractivity contribution in [2.45, 2.75) is 27.0 Å². The smallest absolute Gasteiger partial charge is 0.170 e. The lowest BCUT2D eigenvalue weighted by molar-refractivity contribution is -0.643. The minimum Gasteiger partial charge on any atom is -0.490 e. The van der Waals surface area contributed by atoms with Crippen molar-refractivity contribution in [3.05, 3.63) is 59.2 Å². The van der Waals surface area contributed by atoms with Crippen molar-refractivity contribution in [3.63, 3.8) is 0 Å². The van der Waals surface area contributed by atoms with Gasteiger partial charge >= 0.3 is 0 Å². The second kappa shape index (κ2) is 7.70. The summed E-state index contributed by atoms with van der Waals surface area (Å²) in [6.45, 7) is 6.15. The van der Waals surface area contributed by atoms with Crippen LogP contribution in [-0.2, 0) is 13.2 Å². The molecule has 0 amide bonds. The zero-order chi connectivity index (χ0) is 15.1. The molecular formula is C18H24NO2+. The Morgan fingerprint density at radius 2 is 1.76 bits per heavy atom. The monoisotopic (exact) mass is 286 g/mol. The average Bonchev–Trinajstić information content (AvgIpc) is 2.49. The molecule has 3 nitrogen and oxygen atoms in total. The first-order valence-electron chi connectivity index (χ1n) is 7.45. The summed E-state index contributed by atoms with van der Waals surface area (Å²) < 4.78 is 11.7. The maximum Gasteiger partial charge on any atom is 0.170 e. The zero-order valence-corrected chi connectivity index (χ0v) is 13.1. The Bertz CT molecular complexity index is 540. The molecule has 0 heterocycles. The van der Waals surface area contributed by atoms with Gasteiger partial charge in [-0.25, -0.2) is 0 Å². The minimum atomic E-state index is 0.557. The third-order valence-corrected chi connectivity index (χ3v) is 3.29. The summed E-state index contributed by atoms with van der Waals surface area (Å²) in [6.07, 6.45) is 0. The van der Waals surface area contributed by atoms with E-state index in [1.165, 1.54) is 11.1 Å². The van der Waals surface area contributed by atoms with Crippen molar-refractivity contribution in [2.75, 3.05) is 13.7 Å². The Hall–Kier alpha value is -2.00. The van der Waals surface area contributed by atoms with Gasteiger partial charge in [0.05, 0.1) is 19.2 Å². The van der Waals surface area contributed by atoms with Crippen LogP contribution in [0.3, 0.4) is 0 Å². The Balaban J connectivity index is 2.17. The molecule has 0 atom stereocenters. The molecular weight excluding hydrogens is 262 g/mol. The second-order valence-corrected chi connectivity index (χ2v) is 5.06. The third kappa shape index (κ3) is 4.23. The largest absolute Gasteiger partial charge is 0.490 e. The molecule has 3 heteroatoms. The summed E-state index contributed by atoms with van der Waals surface area (Å²) in [6, 6.07) is 14.5. The van der Waals surface area contributed by atoms with Gasteiger partial charge in [-0.3, -0.25) is 0 Å². The molecule has 2 rings (SSSR count). The first-order chi connectivity index (χ1) is 10.2. The van der Waals surface area contributed by atoms with E-state index >= 15 is 0 Å². The number of rotatable bonds is 7. The predicted molar refractivity (Wildman–Crippen MR) is 84.7 cm³/mol. The van der Waals surface area contributed by atoms with E-state index in [-0.39, 0.29) is 0 Å². The molecule has 2 aromatic rings. The van der Waals surface area contributed by atoms with Gasteiger partial charge in [0.2, 0.25) is 0 Å². The topological polar surface area (TPSA) is 35.1 Å². The van der Waals surface area contributed by atoms with E-state index in [2.05, 4.69) is 49.6 Å². The quantitative estimate of drug-likeness (QED) is 0.849. The Labute approximate surface area is 126 Å². The van der Waals surface area contributed by atoms with Gasteiger partial charge in [0.25, 0.3) is 0 Å². The molecule has 2 aromatic carbocycles. The number of para-hydroxylation sites is 1. The molecule has 0 saturated carbocycles. The van der Waals surface area contributed by atoms with Crippen LogP contribution in [0.4, 0.5) is 0 Å². The van der Waals surface area contributed by atoms with E-state index in [4.69, 9.17) is 9.47 Å². The van der Waals surface area contributed by atoms with Gasteiger partial charge in [0.1, 0.15) is 13.2 Å². The van der Waals surface area contributed by atoms with Crippen LogP contribution in [0.5, 0.6) is 11.5 Å². The number of nitrogens with two attached hydrogens (primary N) is 1. The van der Waals surface area contributed by atoms with Crippen LogP contribution in [0.2, 0.25) is 0 Å². The highest BCUT2D eigenvalue weighted by molar-refractivity contribution is 5.46. The van der Waals surface area contributed by atoms with Crippen LogP contribution in [0, 0.1) is 6.92 Å². The van der Waals surface area contributed by atoms with E-state index in [1.807, 2.05) is 19.1 Å². The fraction of sp³-hybridized carbons (Fsp3) is 0.333. The fourth-order valence-corrected chi connectivity index (χ4v) is 2.21. The first-order valence-corrected chi connectivity index (χ1v) is 7.45. The standard InChI is InChI=1S/C18H23NO2/c1-4-20-17-7-5-6-16(12-19-3)18(17)21-13-15-10-8-14(2)9-11-15/h5-11,19H,4,12-13H2,1-3H3/p+1. The highest BCUT2D eigenvalue weighted by atomic mass is 16.5. The van der Waals surface area contributed by atoms with Crippen LogP contribution in [-0.4, -0.2) is 13.7 Å². The maximum absolute atomic E-state index is 6.05. The van der Waals surface area contributed by atoms with Gasteiger partial charge in [-0.2, -0.15) is 0 Å². The molecule has 112 valence electrons. The molecule has 21 heavy (non-hydrogen) atoms. The number of aryl methyl sites for hydroxylation is 1. The van der Waals surface area contributed by atoms with Gasteiger partial charge < -0.3 is 14.8 Å². The normalized spacial score (nSPS) is 10.4. The number of quaternary nitrogens is 1. The summed E-state index contributed by atoms with van der Waals surface area (Å²) in [5, 5.41) is 2.13. The molecule has 0 unspecified atom stereocenters. The third-order valence-electron chi connectivity index (χ3n) is 3.29. The lowest BCUT2D eigenvalue weighted by atomic mass is 10.1. The SMILES string of the molecule is CCOc1cccc(C[NH2+]C)c1OCc1ccc(C)cc1. The van der Waals surface area contributed by atoms with Gasteiger partial charge in [0, 0.05) is 0 Å². The van der Waals surface area contributed by atoms with Crippen LogP contribution in [0.15, 0.2) is 42.5 Å². The highest BCUT2D eigenvalue weighted by Gasteiger charge is 2.12. The summed E-state index contributed by atoms with van der Waals surface area (Å²) in [5.74, 6) is 1.68. The van der Waals surface area contributed by atoms with Crippen molar-refractivity contribution < 1.29 is 14.8 Å². The molecule has 2 N–H and O–H groups in total. The van der Waals surface area contributed by atoms with Gasteiger partial charge in [-0.1, -0.05) is 35.9 Å².